The molecule has 4 saturated heterocycles. The smallest absolute Gasteiger partial charge is 0.243 e. The summed E-state index contributed by atoms with van der Waals surface area (Å²) in [6.07, 6.45) is 18.3. The molecule has 2 saturated carbocycles. The molecule has 6 rings (SSSR count). The fraction of sp³-hybridized carbons (Fsp3) is 0.771. The molecule has 1 amide bonds. The van der Waals surface area contributed by atoms with Gasteiger partial charge in [-0.2, -0.15) is 0 Å². The predicted octanol–water partition coefficient (Wildman–Crippen LogP) is 2.90. The van der Waals surface area contributed by atoms with Gasteiger partial charge in [-0.05, 0) is 70.4 Å². The third-order valence-corrected chi connectivity index (χ3v) is 11.3. The molecule has 7 unspecified atom stereocenters. The van der Waals surface area contributed by atoms with Gasteiger partial charge < -0.3 is 36.1 Å². The van der Waals surface area contributed by atoms with E-state index in [1.165, 1.54) is 37.7 Å². The van der Waals surface area contributed by atoms with E-state index in [4.69, 9.17) is 4.74 Å². The van der Waals surface area contributed by atoms with Crippen LogP contribution in [-0.4, -0.2) is 91.9 Å². The monoisotopic (exact) mass is 608 g/mol. The van der Waals surface area contributed by atoms with Crippen LogP contribution in [0.15, 0.2) is 35.6 Å². The van der Waals surface area contributed by atoms with Crippen LogP contribution < -0.4 is 26.6 Å². The Morgan fingerprint density at radius 3 is 2.73 bits per heavy atom. The first-order valence-corrected chi connectivity index (χ1v) is 17.6. The highest BCUT2D eigenvalue weighted by atomic mass is 16.6. The first-order chi connectivity index (χ1) is 21.4. The van der Waals surface area contributed by atoms with Crippen LogP contribution in [0.2, 0.25) is 0 Å². The van der Waals surface area contributed by atoms with Crippen molar-refractivity contribution < 1.29 is 14.3 Å². The fourth-order valence-electron chi connectivity index (χ4n) is 8.77. The Morgan fingerprint density at radius 2 is 1.86 bits per heavy atom. The number of carbonyl (C=O) groups excluding carboxylic acids is 2. The number of aldehydes is 1. The Bertz CT molecular complexity index is 1100. The number of nitrogens with one attached hydrogen (secondary N) is 5. The molecule has 44 heavy (non-hydrogen) atoms. The van der Waals surface area contributed by atoms with Crippen LogP contribution in [0.25, 0.3) is 0 Å². The molecule has 4 heterocycles. The maximum atomic E-state index is 12.6. The lowest BCUT2D eigenvalue weighted by Crippen LogP contribution is -2.56. The molecule has 244 valence electrons. The van der Waals surface area contributed by atoms with Crippen molar-refractivity contribution in [3.8, 4) is 0 Å². The first kappa shape index (κ1) is 31.9. The SMILES string of the molecule is C=C(/C=C1\C[C@H]2[C@@H](C)NC3CCCCC3C3OC3N2C1)NCCCNC(=O)/C=C1/CNC([C@H](C)NC2CCCCC2C=O)C1. The molecule has 0 aromatic heterocycles. The molecule has 9 heteroatoms. The first-order valence-electron chi connectivity index (χ1n) is 17.6. The third-order valence-electron chi connectivity index (χ3n) is 11.3. The Morgan fingerprint density at radius 1 is 1.07 bits per heavy atom. The quantitative estimate of drug-likeness (QED) is 0.106. The summed E-state index contributed by atoms with van der Waals surface area (Å²) in [4.78, 5) is 26.6. The van der Waals surface area contributed by atoms with Crippen LogP contribution in [0, 0.1) is 11.8 Å². The molecule has 0 radical (unpaired) electrons. The molecule has 0 bridgehead atoms. The zero-order valence-electron chi connectivity index (χ0n) is 27.0. The molecular weight excluding hydrogens is 552 g/mol. The van der Waals surface area contributed by atoms with Gasteiger partial charge in [-0.1, -0.05) is 37.8 Å². The van der Waals surface area contributed by atoms with E-state index in [9.17, 15) is 9.59 Å². The number of fused-ring (bicyclic) bond motifs is 5. The van der Waals surface area contributed by atoms with Gasteiger partial charge in [0.1, 0.15) is 18.6 Å². The summed E-state index contributed by atoms with van der Waals surface area (Å²) in [5, 5.41) is 17.7. The molecule has 4 aliphatic heterocycles. The van der Waals surface area contributed by atoms with Crippen LogP contribution >= 0.6 is 0 Å². The summed E-state index contributed by atoms with van der Waals surface area (Å²) in [6.45, 7) is 11.9. The molecule has 0 aromatic carbocycles. The van der Waals surface area contributed by atoms with Crippen molar-refractivity contribution in [3.63, 3.8) is 0 Å². The van der Waals surface area contributed by atoms with Gasteiger partial charge in [0, 0.05) is 86.0 Å². The molecule has 9 nitrogen and oxygen atoms in total. The van der Waals surface area contributed by atoms with Crippen molar-refractivity contribution in [1.82, 2.24) is 31.5 Å². The van der Waals surface area contributed by atoms with Crippen molar-refractivity contribution in [2.75, 3.05) is 26.2 Å². The van der Waals surface area contributed by atoms with Crippen molar-refractivity contribution in [3.05, 3.63) is 35.6 Å². The van der Waals surface area contributed by atoms with Crippen LogP contribution in [0.3, 0.4) is 0 Å². The maximum absolute atomic E-state index is 12.6. The number of ether oxygens (including phenoxy) is 1. The van der Waals surface area contributed by atoms with Gasteiger partial charge >= 0.3 is 0 Å². The van der Waals surface area contributed by atoms with E-state index in [2.05, 4.69) is 58.0 Å². The number of hydrogen-bond acceptors (Lipinski definition) is 8. The largest absolute Gasteiger partial charge is 0.385 e. The van der Waals surface area contributed by atoms with Gasteiger partial charge in [0.2, 0.25) is 5.91 Å². The van der Waals surface area contributed by atoms with E-state index in [1.54, 1.807) is 6.08 Å². The highest BCUT2D eigenvalue weighted by Crippen LogP contribution is 2.45. The predicted molar refractivity (Wildman–Crippen MR) is 174 cm³/mol. The van der Waals surface area contributed by atoms with Gasteiger partial charge in [-0.25, -0.2) is 0 Å². The van der Waals surface area contributed by atoms with Gasteiger partial charge in [-0.15, -0.1) is 0 Å². The standard InChI is InChI=1S/C35H56N6O3/c1-22(15-26-17-32-24(3)40-30-12-7-5-10-28(30)34-35(44-34)41(32)20-26)36-13-8-14-37-33(43)18-25-16-31(38-19-25)23(2)39-29-11-6-4-9-27(29)21-42/h15,18,21,23-24,27-32,34-36,38-40H,1,4-14,16-17,19-20H2,2-3H3,(H,37,43)/b25-18+,26-15+/t23-,24+,27?,28?,29?,30?,31?,32-,34?,35?/m0/s1. The molecule has 5 N–H and O–H groups in total. The zero-order chi connectivity index (χ0) is 30.6. The van der Waals surface area contributed by atoms with E-state index in [-0.39, 0.29) is 30.0 Å². The summed E-state index contributed by atoms with van der Waals surface area (Å²) in [7, 11) is 0. The lowest BCUT2D eigenvalue weighted by atomic mass is 9.80. The number of allylic oxidation sites excluding steroid dienone is 1. The Kier molecular flexibility index (Phi) is 10.6. The van der Waals surface area contributed by atoms with E-state index in [0.717, 1.165) is 75.7 Å². The van der Waals surface area contributed by atoms with Crippen LogP contribution in [0.5, 0.6) is 0 Å². The zero-order valence-corrected chi connectivity index (χ0v) is 27.0. The molecule has 6 fully saturated rings. The second-order valence-corrected chi connectivity index (χ2v) is 14.5. The molecule has 0 spiro atoms. The number of hydrogen-bond donors (Lipinski definition) is 5. The maximum Gasteiger partial charge on any atom is 0.243 e. The summed E-state index contributed by atoms with van der Waals surface area (Å²) in [5.41, 5.74) is 3.51. The van der Waals surface area contributed by atoms with Gasteiger partial charge in [0.15, 0.2) is 0 Å². The number of carbonyl (C=O) groups is 2. The van der Waals surface area contributed by atoms with Crippen LogP contribution in [0.4, 0.5) is 0 Å². The minimum atomic E-state index is -0.0186. The van der Waals surface area contributed by atoms with E-state index in [0.29, 0.717) is 42.9 Å². The molecule has 10 atom stereocenters. The van der Waals surface area contributed by atoms with Gasteiger partial charge in [-0.3, -0.25) is 9.69 Å². The minimum absolute atomic E-state index is 0.0186. The Labute approximate surface area is 264 Å². The minimum Gasteiger partial charge on any atom is -0.385 e. The van der Waals surface area contributed by atoms with Crippen LogP contribution in [-0.2, 0) is 14.3 Å². The number of nitrogens with zero attached hydrogens (tertiary/aromatic N) is 1. The Balaban J connectivity index is 0.880. The molecule has 0 aromatic rings. The third kappa shape index (κ3) is 7.66. The van der Waals surface area contributed by atoms with E-state index < -0.39 is 0 Å². The van der Waals surface area contributed by atoms with Gasteiger partial charge in [0.25, 0.3) is 0 Å². The summed E-state index contributed by atoms with van der Waals surface area (Å²) < 4.78 is 6.29. The number of epoxide rings is 1. The summed E-state index contributed by atoms with van der Waals surface area (Å²) in [6, 6.07) is 2.36. The average molecular weight is 609 g/mol. The topological polar surface area (TPSA) is 110 Å². The van der Waals surface area contributed by atoms with Crippen molar-refractivity contribution in [2.24, 2.45) is 11.8 Å². The molecular formula is C35H56N6O3. The second-order valence-electron chi connectivity index (χ2n) is 14.5. The van der Waals surface area contributed by atoms with Crippen LogP contribution in [0.1, 0.15) is 84.5 Å². The van der Waals surface area contributed by atoms with Crippen molar-refractivity contribution >= 4 is 12.2 Å². The number of rotatable bonds is 11. The number of amides is 1. The van der Waals surface area contributed by atoms with Crippen molar-refractivity contribution in [2.45, 2.75) is 133 Å². The van der Waals surface area contributed by atoms with E-state index in [1.807, 2.05) is 0 Å². The van der Waals surface area contributed by atoms with Gasteiger partial charge in [0.05, 0.1) is 0 Å². The van der Waals surface area contributed by atoms with E-state index >= 15 is 0 Å². The lowest BCUT2D eigenvalue weighted by Gasteiger charge is -2.39. The highest BCUT2D eigenvalue weighted by Gasteiger charge is 2.56. The van der Waals surface area contributed by atoms with Crippen molar-refractivity contribution in [1.29, 1.82) is 0 Å². The normalized spacial score (nSPS) is 39.5. The lowest BCUT2D eigenvalue weighted by molar-refractivity contribution is -0.116. The highest BCUT2D eigenvalue weighted by molar-refractivity contribution is 5.88. The average Bonchev–Trinajstić information content (AvgIpc) is 3.45. The molecule has 2 aliphatic carbocycles. The second kappa shape index (κ2) is 14.6. The summed E-state index contributed by atoms with van der Waals surface area (Å²) >= 11 is 0. The fourth-order valence-corrected chi connectivity index (χ4v) is 8.77. The molecule has 6 aliphatic rings. The Hall–Kier alpha value is -2.04. The summed E-state index contributed by atoms with van der Waals surface area (Å²) in [5.74, 6) is 0.776.